The zero-order valence-corrected chi connectivity index (χ0v) is 17.5. The minimum Gasteiger partial charge on any atom is -0.495 e. The summed E-state index contributed by atoms with van der Waals surface area (Å²) in [6, 6.07) is 11.4. The second kappa shape index (κ2) is 7.40. The van der Waals surface area contributed by atoms with E-state index in [0.717, 1.165) is 4.31 Å². The fourth-order valence-corrected chi connectivity index (χ4v) is 5.22. The van der Waals surface area contributed by atoms with Gasteiger partial charge in [-0.2, -0.15) is 0 Å². The number of benzene rings is 2. The van der Waals surface area contributed by atoms with E-state index in [-0.39, 0.29) is 23.1 Å². The van der Waals surface area contributed by atoms with Gasteiger partial charge in [0.15, 0.2) is 0 Å². The van der Waals surface area contributed by atoms with E-state index in [0.29, 0.717) is 16.9 Å². The second-order valence-electron chi connectivity index (χ2n) is 7.19. The second-order valence-corrected chi connectivity index (χ2v) is 8.95. The number of sulfonamides is 1. The minimum absolute atomic E-state index is 0.0829. The highest BCUT2D eigenvalue weighted by molar-refractivity contribution is 7.93. The molecule has 1 heterocycles. The first kappa shape index (κ1) is 20.7. The quantitative estimate of drug-likeness (QED) is 0.776. The lowest BCUT2D eigenvalue weighted by Crippen LogP contribution is -2.58. The standard InChI is InChI=1S/C20H23N3O5S/c1-13(24)21-12-14-9-10-17(28-4)18(11-14)29(26,27)23-16-8-6-5-7-15(16)22-19(25)20(23,2)3/h5-11H,12H2,1-4H3,(H,21,24)(H,22,25). The molecule has 1 aliphatic rings. The molecule has 29 heavy (non-hydrogen) atoms. The summed E-state index contributed by atoms with van der Waals surface area (Å²) in [4.78, 5) is 23.8. The van der Waals surface area contributed by atoms with E-state index in [2.05, 4.69) is 10.6 Å². The van der Waals surface area contributed by atoms with Crippen LogP contribution in [0.1, 0.15) is 26.3 Å². The number of rotatable bonds is 5. The molecule has 0 unspecified atom stereocenters. The molecule has 8 nitrogen and oxygen atoms in total. The molecule has 0 aromatic heterocycles. The first-order chi connectivity index (χ1) is 13.6. The van der Waals surface area contributed by atoms with Crippen molar-refractivity contribution in [2.24, 2.45) is 0 Å². The number of amides is 2. The highest BCUT2D eigenvalue weighted by Gasteiger charge is 2.47. The molecule has 0 radical (unpaired) electrons. The summed E-state index contributed by atoms with van der Waals surface area (Å²) in [7, 11) is -2.81. The Balaban J connectivity index is 2.18. The molecular formula is C20H23N3O5S. The molecule has 0 spiro atoms. The molecule has 2 N–H and O–H groups in total. The highest BCUT2D eigenvalue weighted by atomic mass is 32.2. The van der Waals surface area contributed by atoms with Gasteiger partial charge in [0.25, 0.3) is 15.9 Å². The summed E-state index contributed by atoms with van der Waals surface area (Å²) >= 11 is 0. The van der Waals surface area contributed by atoms with E-state index in [1.165, 1.54) is 26.2 Å². The third kappa shape index (κ3) is 3.65. The van der Waals surface area contributed by atoms with Crippen molar-refractivity contribution in [2.45, 2.75) is 37.8 Å². The summed E-state index contributed by atoms with van der Waals surface area (Å²) in [5.41, 5.74) is -0.00133. The maximum absolute atomic E-state index is 13.8. The van der Waals surface area contributed by atoms with Gasteiger partial charge in [0.1, 0.15) is 16.2 Å². The van der Waals surface area contributed by atoms with Crippen LogP contribution in [0.2, 0.25) is 0 Å². The molecule has 2 aromatic rings. The Hall–Kier alpha value is -3.07. The van der Waals surface area contributed by atoms with Crippen LogP contribution in [0.5, 0.6) is 5.75 Å². The lowest BCUT2D eigenvalue weighted by atomic mass is 10.00. The number of hydrogen-bond acceptors (Lipinski definition) is 5. The lowest BCUT2D eigenvalue weighted by molar-refractivity contribution is -0.120. The third-order valence-corrected chi connectivity index (χ3v) is 6.73. The zero-order chi connectivity index (χ0) is 21.4. The molecule has 2 amide bonds. The third-order valence-electron chi connectivity index (χ3n) is 4.72. The molecule has 0 fully saturated rings. The highest BCUT2D eigenvalue weighted by Crippen LogP contribution is 2.42. The Morgan fingerprint density at radius 1 is 1.21 bits per heavy atom. The molecule has 0 saturated carbocycles. The van der Waals surface area contributed by atoms with Gasteiger partial charge in [-0.15, -0.1) is 0 Å². The van der Waals surface area contributed by atoms with Crippen molar-refractivity contribution in [2.75, 3.05) is 16.7 Å². The van der Waals surface area contributed by atoms with E-state index >= 15 is 0 Å². The van der Waals surface area contributed by atoms with Gasteiger partial charge in [-0.1, -0.05) is 18.2 Å². The number of hydrogen-bond donors (Lipinski definition) is 2. The smallest absolute Gasteiger partial charge is 0.269 e. The number of fused-ring (bicyclic) bond motifs is 1. The number of carbonyl (C=O) groups excluding carboxylic acids is 2. The number of nitrogens with zero attached hydrogens (tertiary/aromatic N) is 1. The van der Waals surface area contributed by atoms with Crippen LogP contribution in [0.3, 0.4) is 0 Å². The van der Waals surface area contributed by atoms with Crippen molar-refractivity contribution in [3.8, 4) is 5.75 Å². The van der Waals surface area contributed by atoms with Gasteiger partial charge in [0.2, 0.25) is 5.91 Å². The Morgan fingerprint density at radius 2 is 1.90 bits per heavy atom. The van der Waals surface area contributed by atoms with Gasteiger partial charge in [0.05, 0.1) is 18.5 Å². The molecule has 3 rings (SSSR count). The molecule has 154 valence electrons. The summed E-state index contributed by atoms with van der Waals surface area (Å²) in [6.45, 7) is 4.64. The van der Waals surface area contributed by atoms with Crippen LogP contribution in [0.15, 0.2) is 47.4 Å². The normalized spacial score (nSPS) is 15.3. The van der Waals surface area contributed by atoms with Crippen LogP contribution in [0.25, 0.3) is 0 Å². The number of methoxy groups -OCH3 is 1. The molecule has 2 aromatic carbocycles. The number of ether oxygens (including phenoxy) is 1. The first-order valence-electron chi connectivity index (χ1n) is 8.96. The predicted octanol–water partition coefficient (Wildman–Crippen LogP) is 2.26. The molecule has 1 aliphatic heterocycles. The SMILES string of the molecule is COc1ccc(CNC(C)=O)cc1S(=O)(=O)N1c2ccccc2NC(=O)C1(C)C. The molecule has 0 bridgehead atoms. The molecular weight excluding hydrogens is 394 g/mol. The van der Waals surface area contributed by atoms with Crippen molar-refractivity contribution in [1.82, 2.24) is 5.32 Å². The maximum Gasteiger partial charge on any atom is 0.269 e. The number of nitrogens with one attached hydrogen (secondary N) is 2. The van der Waals surface area contributed by atoms with E-state index < -0.39 is 21.5 Å². The van der Waals surface area contributed by atoms with Gasteiger partial charge in [-0.05, 0) is 43.7 Å². The van der Waals surface area contributed by atoms with E-state index in [4.69, 9.17) is 4.74 Å². The Labute approximate surface area is 169 Å². The van der Waals surface area contributed by atoms with Crippen molar-refractivity contribution >= 4 is 33.2 Å². The van der Waals surface area contributed by atoms with Crippen LogP contribution in [0.4, 0.5) is 11.4 Å². The summed E-state index contributed by atoms with van der Waals surface area (Å²) in [5.74, 6) is -0.517. The lowest BCUT2D eigenvalue weighted by Gasteiger charge is -2.42. The first-order valence-corrected chi connectivity index (χ1v) is 10.4. The predicted molar refractivity (Wildman–Crippen MR) is 109 cm³/mol. The van der Waals surface area contributed by atoms with Gasteiger partial charge < -0.3 is 15.4 Å². The van der Waals surface area contributed by atoms with E-state index in [1.54, 1.807) is 44.2 Å². The maximum atomic E-state index is 13.8. The summed E-state index contributed by atoms with van der Waals surface area (Å²) < 4.78 is 33.9. The van der Waals surface area contributed by atoms with Crippen LogP contribution < -0.4 is 19.7 Å². The van der Waals surface area contributed by atoms with Gasteiger partial charge >= 0.3 is 0 Å². The van der Waals surface area contributed by atoms with Crippen LogP contribution in [-0.2, 0) is 26.2 Å². The average molecular weight is 417 g/mol. The fraction of sp³-hybridized carbons (Fsp3) is 0.300. The molecule has 0 saturated heterocycles. The van der Waals surface area contributed by atoms with Crippen molar-refractivity contribution in [3.05, 3.63) is 48.0 Å². The monoisotopic (exact) mass is 417 g/mol. The van der Waals surface area contributed by atoms with Crippen LogP contribution in [0, 0.1) is 0 Å². The van der Waals surface area contributed by atoms with Gasteiger partial charge in [-0.3, -0.25) is 9.59 Å². The van der Waals surface area contributed by atoms with Crippen molar-refractivity contribution in [1.29, 1.82) is 0 Å². The van der Waals surface area contributed by atoms with E-state index in [9.17, 15) is 18.0 Å². The van der Waals surface area contributed by atoms with Crippen LogP contribution >= 0.6 is 0 Å². The van der Waals surface area contributed by atoms with Gasteiger partial charge in [0, 0.05) is 13.5 Å². The van der Waals surface area contributed by atoms with Crippen LogP contribution in [-0.4, -0.2) is 32.9 Å². The van der Waals surface area contributed by atoms with E-state index in [1.807, 2.05) is 0 Å². The molecule has 0 atom stereocenters. The Kier molecular flexibility index (Phi) is 5.27. The largest absolute Gasteiger partial charge is 0.495 e. The molecule has 9 heteroatoms. The summed E-state index contributed by atoms with van der Waals surface area (Å²) in [6.07, 6.45) is 0. The van der Waals surface area contributed by atoms with Crippen molar-refractivity contribution < 1.29 is 22.7 Å². The Morgan fingerprint density at radius 3 is 2.55 bits per heavy atom. The number of anilines is 2. The zero-order valence-electron chi connectivity index (χ0n) is 16.6. The number of para-hydroxylation sites is 2. The Bertz CT molecular complexity index is 1080. The summed E-state index contributed by atoms with van der Waals surface area (Å²) in [5, 5.41) is 5.40. The average Bonchev–Trinajstić information content (AvgIpc) is 2.66. The number of carbonyl (C=O) groups is 2. The topological polar surface area (TPSA) is 105 Å². The molecule has 0 aliphatic carbocycles. The van der Waals surface area contributed by atoms with Gasteiger partial charge in [-0.25, -0.2) is 12.7 Å². The van der Waals surface area contributed by atoms with Crippen molar-refractivity contribution in [3.63, 3.8) is 0 Å². The fourth-order valence-electron chi connectivity index (χ4n) is 3.21. The minimum atomic E-state index is -4.19.